The smallest absolute Gasteiger partial charge is 0.0806 e. The Labute approximate surface area is 177 Å². The molecule has 0 saturated carbocycles. The molecule has 0 spiro atoms. The standard InChI is InChI=1S/C25H27N3S/c1-3-27(4-2)21-15-12-20(13-16-21)14-17-23-19-24(25-11-8-18-29-25)26-28(23)22-9-6-5-7-10-22/h5-18,23H,3-4,19H2,1-2H3. The van der Waals surface area contributed by atoms with Crippen LogP contribution in [0.3, 0.4) is 0 Å². The van der Waals surface area contributed by atoms with Crippen molar-refractivity contribution in [2.75, 3.05) is 23.0 Å². The van der Waals surface area contributed by atoms with Gasteiger partial charge in [-0.25, -0.2) is 0 Å². The molecule has 0 bridgehead atoms. The molecule has 29 heavy (non-hydrogen) atoms. The van der Waals surface area contributed by atoms with Gasteiger partial charge >= 0.3 is 0 Å². The molecule has 2 heterocycles. The van der Waals surface area contributed by atoms with Crippen LogP contribution in [0.2, 0.25) is 0 Å². The molecule has 0 aliphatic carbocycles. The molecule has 1 unspecified atom stereocenters. The molecule has 1 aliphatic rings. The van der Waals surface area contributed by atoms with Crippen LogP contribution in [0.4, 0.5) is 11.4 Å². The van der Waals surface area contributed by atoms with Gasteiger partial charge in [0.25, 0.3) is 0 Å². The summed E-state index contributed by atoms with van der Waals surface area (Å²) in [5.74, 6) is 0. The minimum absolute atomic E-state index is 0.219. The lowest BCUT2D eigenvalue weighted by Crippen LogP contribution is -2.23. The van der Waals surface area contributed by atoms with E-state index in [2.05, 4.69) is 102 Å². The second kappa shape index (κ2) is 9.10. The molecule has 4 rings (SSSR count). The van der Waals surface area contributed by atoms with Crippen molar-refractivity contribution in [3.8, 4) is 0 Å². The lowest BCUT2D eigenvalue weighted by atomic mass is 10.1. The zero-order chi connectivity index (χ0) is 20.1. The third kappa shape index (κ3) is 4.43. The van der Waals surface area contributed by atoms with Gasteiger partial charge in [-0.2, -0.15) is 5.10 Å². The maximum Gasteiger partial charge on any atom is 0.0806 e. The highest BCUT2D eigenvalue weighted by Crippen LogP contribution is 2.29. The van der Waals surface area contributed by atoms with Crippen LogP contribution < -0.4 is 9.91 Å². The third-order valence-corrected chi connectivity index (χ3v) is 6.22. The fourth-order valence-corrected chi connectivity index (χ4v) is 4.43. The molecular weight excluding hydrogens is 374 g/mol. The molecule has 2 aromatic carbocycles. The van der Waals surface area contributed by atoms with E-state index < -0.39 is 0 Å². The molecule has 1 aliphatic heterocycles. The Bertz CT molecular complexity index is 955. The van der Waals surface area contributed by atoms with E-state index in [0.29, 0.717) is 0 Å². The molecular formula is C25H27N3S. The highest BCUT2D eigenvalue weighted by Gasteiger charge is 2.26. The van der Waals surface area contributed by atoms with Crippen LogP contribution >= 0.6 is 11.3 Å². The number of rotatable bonds is 7. The van der Waals surface area contributed by atoms with Crippen molar-refractivity contribution in [1.82, 2.24) is 0 Å². The largest absolute Gasteiger partial charge is 0.372 e. The fraction of sp³-hybridized carbons (Fsp3) is 0.240. The van der Waals surface area contributed by atoms with E-state index in [1.54, 1.807) is 11.3 Å². The van der Waals surface area contributed by atoms with Gasteiger partial charge in [-0.3, -0.25) is 5.01 Å². The van der Waals surface area contributed by atoms with Crippen LogP contribution in [0.15, 0.2) is 83.3 Å². The number of hydrogen-bond acceptors (Lipinski definition) is 4. The van der Waals surface area contributed by atoms with Gasteiger partial charge in [0.1, 0.15) is 0 Å². The summed E-state index contributed by atoms with van der Waals surface area (Å²) in [6.45, 7) is 6.45. The van der Waals surface area contributed by atoms with Crippen LogP contribution in [0.5, 0.6) is 0 Å². The van der Waals surface area contributed by atoms with E-state index in [1.165, 1.54) is 16.1 Å². The first-order valence-electron chi connectivity index (χ1n) is 10.3. The van der Waals surface area contributed by atoms with Gasteiger partial charge in [0.15, 0.2) is 0 Å². The van der Waals surface area contributed by atoms with Crippen molar-refractivity contribution in [3.05, 3.63) is 88.6 Å². The lowest BCUT2D eigenvalue weighted by Gasteiger charge is -2.21. The first kappa shape index (κ1) is 19.5. The summed E-state index contributed by atoms with van der Waals surface area (Å²) < 4.78 is 0. The zero-order valence-corrected chi connectivity index (χ0v) is 17.8. The number of hydrogen-bond donors (Lipinski definition) is 0. The summed E-state index contributed by atoms with van der Waals surface area (Å²) in [4.78, 5) is 3.62. The maximum absolute atomic E-state index is 4.96. The van der Waals surface area contributed by atoms with E-state index in [1.807, 2.05) is 6.07 Å². The third-order valence-electron chi connectivity index (χ3n) is 5.30. The molecule has 0 radical (unpaired) electrons. The number of nitrogens with zero attached hydrogens (tertiary/aromatic N) is 3. The molecule has 3 aromatic rings. The molecule has 1 atom stereocenters. The van der Waals surface area contributed by atoms with Gasteiger partial charge in [-0.05, 0) is 55.1 Å². The Morgan fingerprint density at radius 2 is 1.76 bits per heavy atom. The minimum atomic E-state index is 0.219. The molecule has 0 amide bonds. The van der Waals surface area contributed by atoms with Gasteiger partial charge in [-0.15, -0.1) is 11.3 Å². The predicted octanol–water partition coefficient (Wildman–Crippen LogP) is 6.29. The van der Waals surface area contributed by atoms with Gasteiger partial charge in [0.05, 0.1) is 22.3 Å². The monoisotopic (exact) mass is 401 g/mol. The summed E-state index contributed by atoms with van der Waals surface area (Å²) >= 11 is 1.76. The van der Waals surface area contributed by atoms with Gasteiger partial charge in [-0.1, -0.05) is 48.6 Å². The Morgan fingerprint density at radius 3 is 2.41 bits per heavy atom. The normalized spacial score (nSPS) is 16.4. The SMILES string of the molecule is CCN(CC)c1ccc(C=CC2CC(c3cccs3)=NN2c2ccccc2)cc1. The van der Waals surface area contributed by atoms with Crippen molar-refractivity contribution in [1.29, 1.82) is 0 Å². The Hall–Kier alpha value is -2.85. The van der Waals surface area contributed by atoms with E-state index in [4.69, 9.17) is 5.10 Å². The van der Waals surface area contributed by atoms with Crippen LogP contribution in [0, 0.1) is 0 Å². The molecule has 4 heteroatoms. The van der Waals surface area contributed by atoms with Crippen LogP contribution in [0.25, 0.3) is 6.08 Å². The predicted molar refractivity (Wildman–Crippen MR) is 127 cm³/mol. The summed E-state index contributed by atoms with van der Waals surface area (Å²) in [6, 6.07) is 23.7. The number of anilines is 2. The van der Waals surface area contributed by atoms with Gasteiger partial charge in [0.2, 0.25) is 0 Å². The van der Waals surface area contributed by atoms with Crippen molar-refractivity contribution in [3.63, 3.8) is 0 Å². The van der Waals surface area contributed by atoms with E-state index >= 15 is 0 Å². The molecule has 148 valence electrons. The average Bonchev–Trinajstić information content (AvgIpc) is 3.45. The summed E-state index contributed by atoms with van der Waals surface area (Å²) in [7, 11) is 0. The second-order valence-corrected chi connectivity index (χ2v) is 8.05. The molecule has 0 N–H and O–H groups in total. The molecule has 0 saturated heterocycles. The summed E-state index contributed by atoms with van der Waals surface area (Å²) in [5.41, 5.74) is 4.79. The maximum atomic E-state index is 4.96. The summed E-state index contributed by atoms with van der Waals surface area (Å²) in [6.07, 6.45) is 5.42. The van der Waals surface area contributed by atoms with Crippen molar-refractivity contribution in [2.24, 2.45) is 5.10 Å². The number of benzene rings is 2. The first-order chi connectivity index (χ1) is 14.3. The fourth-order valence-electron chi connectivity index (χ4n) is 3.71. The van der Waals surface area contributed by atoms with Crippen LogP contribution in [-0.2, 0) is 0 Å². The summed E-state index contributed by atoms with van der Waals surface area (Å²) in [5, 5.41) is 9.22. The minimum Gasteiger partial charge on any atom is -0.372 e. The molecule has 1 aromatic heterocycles. The topological polar surface area (TPSA) is 18.8 Å². The van der Waals surface area contributed by atoms with E-state index in [0.717, 1.165) is 30.9 Å². The molecule has 3 nitrogen and oxygen atoms in total. The Morgan fingerprint density at radius 1 is 1.00 bits per heavy atom. The lowest BCUT2D eigenvalue weighted by molar-refractivity contribution is 0.791. The van der Waals surface area contributed by atoms with E-state index in [-0.39, 0.29) is 6.04 Å². The number of hydrazone groups is 1. The second-order valence-electron chi connectivity index (χ2n) is 7.10. The Balaban J connectivity index is 1.55. The average molecular weight is 402 g/mol. The van der Waals surface area contributed by atoms with Crippen LogP contribution in [0.1, 0.15) is 30.7 Å². The van der Waals surface area contributed by atoms with Crippen molar-refractivity contribution < 1.29 is 0 Å². The van der Waals surface area contributed by atoms with Crippen LogP contribution in [-0.4, -0.2) is 24.8 Å². The Kier molecular flexibility index (Phi) is 6.11. The zero-order valence-electron chi connectivity index (χ0n) is 17.0. The first-order valence-corrected chi connectivity index (χ1v) is 11.1. The van der Waals surface area contributed by atoms with Crippen molar-refractivity contribution >= 4 is 34.5 Å². The number of thiophene rings is 1. The van der Waals surface area contributed by atoms with Gasteiger partial charge < -0.3 is 4.90 Å². The molecule has 0 fully saturated rings. The number of para-hydroxylation sites is 1. The quantitative estimate of drug-likeness (QED) is 0.463. The highest BCUT2D eigenvalue weighted by molar-refractivity contribution is 7.12. The van der Waals surface area contributed by atoms with E-state index in [9.17, 15) is 0 Å². The van der Waals surface area contributed by atoms with Crippen molar-refractivity contribution in [2.45, 2.75) is 26.3 Å². The van der Waals surface area contributed by atoms with Gasteiger partial charge in [0, 0.05) is 25.2 Å². The highest BCUT2D eigenvalue weighted by atomic mass is 32.1.